The van der Waals surface area contributed by atoms with Crippen LogP contribution in [0.15, 0.2) is 76.0 Å². The summed E-state index contributed by atoms with van der Waals surface area (Å²) < 4.78 is 5.13. The van der Waals surface area contributed by atoms with Crippen LogP contribution in [0.1, 0.15) is 37.1 Å². The Balaban J connectivity index is 1.57. The highest BCUT2D eigenvalue weighted by Gasteiger charge is 2.41. The van der Waals surface area contributed by atoms with Gasteiger partial charge in [-0.05, 0) is 41.7 Å². The maximum atomic E-state index is 12.9. The minimum atomic E-state index is -0.490. The number of hydrogen-bond acceptors (Lipinski definition) is 7. The highest BCUT2D eigenvalue weighted by atomic mass is 35.5. The zero-order chi connectivity index (χ0) is 24.1. The minimum absolute atomic E-state index is 0.112. The van der Waals surface area contributed by atoms with Gasteiger partial charge in [0.15, 0.2) is 5.17 Å². The maximum Gasteiger partial charge on any atom is 0.338 e. The number of amidine groups is 1. The van der Waals surface area contributed by atoms with Gasteiger partial charge >= 0.3 is 5.97 Å². The molecule has 4 rings (SSSR count). The van der Waals surface area contributed by atoms with Crippen LogP contribution in [0.25, 0.3) is 0 Å². The highest BCUT2D eigenvalue weighted by molar-refractivity contribution is 8.16. The number of nitrogens with zero attached hydrogens (tertiary/aromatic N) is 3. The van der Waals surface area contributed by atoms with Crippen LogP contribution in [0.5, 0.6) is 0 Å². The van der Waals surface area contributed by atoms with E-state index >= 15 is 0 Å². The molecule has 0 aliphatic carbocycles. The van der Waals surface area contributed by atoms with Crippen molar-refractivity contribution in [2.24, 2.45) is 4.99 Å². The lowest BCUT2D eigenvalue weighted by Crippen LogP contribution is -2.38. The normalized spacial score (nSPS) is 17.1. The third kappa shape index (κ3) is 5.18. The van der Waals surface area contributed by atoms with Gasteiger partial charge in [-0.25, -0.2) is 9.79 Å². The molecule has 2 aromatic rings. The first kappa shape index (κ1) is 24.0. The van der Waals surface area contributed by atoms with Crippen molar-refractivity contribution in [3.8, 4) is 0 Å². The predicted octanol–water partition coefficient (Wildman–Crippen LogP) is 4.62. The molecule has 2 aliphatic rings. The summed E-state index contributed by atoms with van der Waals surface area (Å²) in [4.78, 5) is 36.6. The number of fused-ring (bicyclic) bond motifs is 1. The van der Waals surface area contributed by atoms with Crippen molar-refractivity contribution in [2.75, 3.05) is 13.7 Å². The van der Waals surface area contributed by atoms with E-state index in [1.807, 2.05) is 53.6 Å². The number of pyridine rings is 1. The number of aromatic nitrogens is 1. The Morgan fingerprint density at radius 1 is 1.24 bits per heavy atom. The highest BCUT2D eigenvalue weighted by Crippen LogP contribution is 2.45. The lowest BCUT2D eigenvalue weighted by molar-refractivity contribution is -0.136. The van der Waals surface area contributed by atoms with Gasteiger partial charge < -0.3 is 15.0 Å². The van der Waals surface area contributed by atoms with Crippen molar-refractivity contribution in [3.05, 3.63) is 87.3 Å². The summed E-state index contributed by atoms with van der Waals surface area (Å²) in [5.41, 5.74) is 3.64. The van der Waals surface area contributed by atoms with Crippen molar-refractivity contribution >= 4 is 40.4 Å². The molecule has 0 fully saturated rings. The Hall–Kier alpha value is -3.10. The van der Waals surface area contributed by atoms with Crippen LogP contribution < -0.4 is 5.32 Å². The molecule has 1 amide bonds. The number of carbonyl (C=O) groups excluding carboxylic acids is 2. The lowest BCUT2D eigenvalue weighted by Gasteiger charge is -2.36. The van der Waals surface area contributed by atoms with Crippen LogP contribution in [-0.4, -0.2) is 40.6 Å². The Morgan fingerprint density at radius 2 is 2.09 bits per heavy atom. The quantitative estimate of drug-likeness (QED) is 0.537. The van der Waals surface area contributed by atoms with Crippen molar-refractivity contribution in [1.82, 2.24) is 15.2 Å². The zero-order valence-corrected chi connectivity index (χ0v) is 20.5. The van der Waals surface area contributed by atoms with Crippen molar-refractivity contribution in [1.29, 1.82) is 0 Å². The van der Waals surface area contributed by atoms with Gasteiger partial charge in [0.25, 0.3) is 0 Å². The molecular weight excluding hydrogens is 472 g/mol. The fourth-order valence-electron chi connectivity index (χ4n) is 4.01. The van der Waals surface area contributed by atoms with Crippen molar-refractivity contribution < 1.29 is 14.3 Å². The Bertz CT molecular complexity index is 1180. The van der Waals surface area contributed by atoms with Crippen molar-refractivity contribution in [3.63, 3.8) is 0 Å². The number of thioether (sulfide) groups is 1. The third-order valence-corrected chi connectivity index (χ3v) is 6.69. The molecule has 1 atom stereocenters. The molecule has 1 aromatic carbocycles. The first-order valence-electron chi connectivity index (χ1n) is 11.0. The summed E-state index contributed by atoms with van der Waals surface area (Å²) in [6.07, 6.45) is 3.11. The second kappa shape index (κ2) is 10.9. The number of nitrogens with one attached hydrogen (secondary N) is 1. The Morgan fingerprint density at radius 3 is 2.79 bits per heavy atom. The van der Waals surface area contributed by atoms with Gasteiger partial charge in [0.1, 0.15) is 0 Å². The Kier molecular flexibility index (Phi) is 7.70. The van der Waals surface area contributed by atoms with Crippen LogP contribution in [0.2, 0.25) is 5.02 Å². The fourth-order valence-corrected chi connectivity index (χ4v) is 5.14. The summed E-state index contributed by atoms with van der Waals surface area (Å²) in [6.45, 7) is 2.44. The van der Waals surface area contributed by atoms with Gasteiger partial charge in [0.05, 0.1) is 30.8 Å². The number of ether oxygens (including phenoxy) is 1. The molecule has 34 heavy (non-hydrogen) atoms. The molecule has 1 N–H and O–H groups in total. The summed E-state index contributed by atoms with van der Waals surface area (Å²) in [6, 6.07) is 12.6. The molecule has 2 aliphatic heterocycles. The average Bonchev–Trinajstić information content (AvgIpc) is 3.25. The number of amides is 1. The fraction of sp³-hybridized carbons (Fsp3) is 0.280. The molecule has 0 saturated heterocycles. The van der Waals surface area contributed by atoms with Gasteiger partial charge in [-0.2, -0.15) is 0 Å². The lowest BCUT2D eigenvalue weighted by atomic mass is 9.93. The summed E-state index contributed by atoms with van der Waals surface area (Å²) in [5.74, 6) is -0.556. The minimum Gasteiger partial charge on any atom is -0.466 e. The Labute approximate surface area is 207 Å². The number of esters is 1. The molecular formula is C25H25ClN4O3S. The molecule has 9 heteroatoms. The van der Waals surface area contributed by atoms with E-state index in [4.69, 9.17) is 21.3 Å². The molecule has 3 heterocycles. The molecule has 7 nitrogen and oxygen atoms in total. The third-order valence-electron chi connectivity index (χ3n) is 5.56. The molecule has 1 aromatic heterocycles. The second-order valence-corrected chi connectivity index (χ2v) is 9.03. The van der Waals surface area contributed by atoms with Crippen LogP contribution in [0, 0.1) is 0 Å². The second-order valence-electron chi connectivity index (χ2n) is 7.75. The average molecular weight is 497 g/mol. The SMILES string of the molecule is CCC1=C(C(=O)OC)C(c2cccc(Cl)c2)N2C(CC(=O)NCCc3ccccn3)=CSC2=N1. The summed E-state index contributed by atoms with van der Waals surface area (Å²) in [5, 5.41) is 6.17. The molecule has 0 spiro atoms. The molecule has 0 saturated carbocycles. The number of allylic oxidation sites excluding steroid dienone is 1. The van der Waals surface area contributed by atoms with E-state index in [1.54, 1.807) is 12.3 Å². The van der Waals surface area contributed by atoms with Crippen LogP contribution in [-0.2, 0) is 20.7 Å². The number of aliphatic imine (C=N–C) groups is 1. The van der Waals surface area contributed by atoms with E-state index in [1.165, 1.54) is 18.9 Å². The molecule has 0 bridgehead atoms. The largest absolute Gasteiger partial charge is 0.466 e. The number of rotatable bonds is 8. The standard InChI is InChI=1S/C25H25ClN4O3S/c1-3-20-22(24(32)33-2)23(16-7-6-8-17(26)13-16)30-19(15-34-25(30)29-20)14-21(31)28-12-10-18-9-4-5-11-27-18/h4-9,11,13,15,23H,3,10,12,14H2,1-2H3,(H,28,31). The van der Waals surface area contributed by atoms with E-state index in [9.17, 15) is 9.59 Å². The van der Waals surface area contributed by atoms with E-state index in [0.29, 0.717) is 35.7 Å². The number of methoxy groups -OCH3 is 1. The van der Waals surface area contributed by atoms with Gasteiger partial charge in [0, 0.05) is 35.6 Å². The smallest absolute Gasteiger partial charge is 0.338 e. The first-order valence-corrected chi connectivity index (χ1v) is 12.2. The molecule has 1 unspecified atom stereocenters. The van der Waals surface area contributed by atoms with Gasteiger partial charge in [0.2, 0.25) is 5.91 Å². The number of hydrogen-bond donors (Lipinski definition) is 1. The zero-order valence-electron chi connectivity index (χ0n) is 19.0. The van der Waals surface area contributed by atoms with Gasteiger partial charge in [-0.3, -0.25) is 9.78 Å². The van der Waals surface area contributed by atoms with E-state index in [0.717, 1.165) is 22.1 Å². The van der Waals surface area contributed by atoms with Gasteiger partial charge in [-0.1, -0.05) is 48.5 Å². The van der Waals surface area contributed by atoms with Crippen molar-refractivity contribution in [2.45, 2.75) is 32.2 Å². The monoisotopic (exact) mass is 496 g/mol. The number of halogens is 1. The molecule has 176 valence electrons. The predicted molar refractivity (Wildman–Crippen MR) is 134 cm³/mol. The van der Waals surface area contributed by atoms with Gasteiger partial charge in [-0.15, -0.1) is 0 Å². The summed E-state index contributed by atoms with van der Waals surface area (Å²) >= 11 is 7.74. The van der Waals surface area contributed by atoms with E-state index in [-0.39, 0.29) is 12.3 Å². The van der Waals surface area contributed by atoms with Crippen LogP contribution in [0.4, 0.5) is 0 Å². The van der Waals surface area contributed by atoms with E-state index < -0.39 is 12.0 Å². The van der Waals surface area contributed by atoms with Crippen LogP contribution in [0.3, 0.4) is 0 Å². The van der Waals surface area contributed by atoms with Crippen LogP contribution >= 0.6 is 23.4 Å². The molecule has 0 radical (unpaired) electrons. The first-order chi connectivity index (χ1) is 16.5. The van der Waals surface area contributed by atoms with E-state index in [2.05, 4.69) is 10.3 Å². The maximum absolute atomic E-state index is 12.9. The number of benzene rings is 1. The summed E-state index contributed by atoms with van der Waals surface area (Å²) in [7, 11) is 1.36. The number of carbonyl (C=O) groups is 2. The topological polar surface area (TPSA) is 83.9 Å².